The highest BCUT2D eigenvalue weighted by Gasteiger charge is 2.44. The minimum atomic E-state index is -1.10. The van der Waals surface area contributed by atoms with Crippen molar-refractivity contribution < 1.29 is 34.2 Å². The van der Waals surface area contributed by atoms with Crippen LogP contribution in [0.25, 0.3) is 0 Å². The molecular formula is C15H23N3O7. The number of nitrogens with two attached hydrogens (primary N) is 1. The summed E-state index contributed by atoms with van der Waals surface area (Å²) in [5.74, 6) is -3.27. The number of likely N-dealkylation sites (tertiary alicyclic amines) is 1. The smallest absolute Gasteiger partial charge is 0.303 e. The lowest BCUT2D eigenvalue weighted by Gasteiger charge is -2.28. The third-order valence-corrected chi connectivity index (χ3v) is 3.97. The molecule has 10 heteroatoms. The Morgan fingerprint density at radius 1 is 1.28 bits per heavy atom. The van der Waals surface area contributed by atoms with Gasteiger partial charge in [0.2, 0.25) is 11.8 Å². The van der Waals surface area contributed by atoms with Crippen molar-refractivity contribution in [3.8, 4) is 0 Å². The van der Waals surface area contributed by atoms with Crippen LogP contribution in [-0.4, -0.2) is 69.3 Å². The number of rotatable bonds is 10. The van der Waals surface area contributed by atoms with E-state index in [4.69, 9.17) is 15.9 Å². The predicted octanol–water partition coefficient (Wildman–Crippen LogP) is -1.28. The van der Waals surface area contributed by atoms with Gasteiger partial charge in [0.05, 0.1) is 12.1 Å². The fourth-order valence-corrected chi connectivity index (χ4v) is 2.72. The van der Waals surface area contributed by atoms with E-state index in [2.05, 4.69) is 5.32 Å². The number of hydrogen-bond acceptors (Lipinski definition) is 7. The van der Waals surface area contributed by atoms with Crippen molar-refractivity contribution in [2.75, 3.05) is 6.54 Å². The number of imide groups is 1. The van der Waals surface area contributed by atoms with Gasteiger partial charge in [0.15, 0.2) is 0 Å². The summed E-state index contributed by atoms with van der Waals surface area (Å²) in [4.78, 5) is 57.6. The van der Waals surface area contributed by atoms with Crippen molar-refractivity contribution >= 4 is 30.0 Å². The van der Waals surface area contributed by atoms with E-state index in [0.717, 1.165) is 4.90 Å². The summed E-state index contributed by atoms with van der Waals surface area (Å²) in [6.45, 7) is 1.63. The molecule has 0 aromatic rings. The molecule has 0 unspecified atom stereocenters. The molecule has 0 aromatic heterocycles. The van der Waals surface area contributed by atoms with Crippen LogP contribution < -0.4 is 11.1 Å². The van der Waals surface area contributed by atoms with Crippen LogP contribution in [0.5, 0.6) is 0 Å². The van der Waals surface area contributed by atoms with Crippen LogP contribution in [0.1, 0.15) is 39.0 Å². The Morgan fingerprint density at radius 2 is 1.84 bits per heavy atom. The topological polar surface area (TPSA) is 167 Å². The van der Waals surface area contributed by atoms with E-state index in [9.17, 15) is 24.0 Å². The van der Waals surface area contributed by atoms with Gasteiger partial charge in [-0.25, -0.2) is 0 Å². The minimum absolute atomic E-state index is 0.0250. The van der Waals surface area contributed by atoms with Crippen molar-refractivity contribution in [2.24, 2.45) is 5.73 Å². The molecule has 5 N–H and O–H groups in total. The summed E-state index contributed by atoms with van der Waals surface area (Å²) >= 11 is 0. The maximum absolute atomic E-state index is 12.2. The van der Waals surface area contributed by atoms with E-state index in [1.807, 2.05) is 0 Å². The van der Waals surface area contributed by atoms with Crippen LogP contribution in [0, 0.1) is 0 Å². The van der Waals surface area contributed by atoms with E-state index in [0.29, 0.717) is 6.29 Å². The van der Waals surface area contributed by atoms with Crippen molar-refractivity contribution in [3.63, 3.8) is 0 Å². The van der Waals surface area contributed by atoms with Gasteiger partial charge in [0.25, 0.3) is 0 Å². The highest BCUT2D eigenvalue weighted by atomic mass is 16.4. The summed E-state index contributed by atoms with van der Waals surface area (Å²) in [5.41, 5.74) is 4.77. The molecule has 2 amide bonds. The second-order valence-corrected chi connectivity index (χ2v) is 6.41. The number of carboxylic acids is 2. The third kappa shape index (κ3) is 6.24. The number of amides is 2. The molecule has 10 nitrogen and oxygen atoms in total. The molecule has 1 rings (SSSR count). The molecule has 1 aliphatic rings. The van der Waals surface area contributed by atoms with Crippen molar-refractivity contribution in [1.82, 2.24) is 10.2 Å². The molecule has 0 saturated carbocycles. The highest BCUT2D eigenvalue weighted by molar-refractivity contribution is 6.00. The van der Waals surface area contributed by atoms with Crippen LogP contribution in [0.15, 0.2) is 0 Å². The average molecular weight is 357 g/mol. The molecule has 0 aliphatic carbocycles. The monoisotopic (exact) mass is 357 g/mol. The van der Waals surface area contributed by atoms with Gasteiger partial charge >= 0.3 is 11.9 Å². The Labute approximate surface area is 144 Å². The number of carboxylic acid groups (broad SMARTS) is 2. The zero-order chi connectivity index (χ0) is 19.2. The highest BCUT2D eigenvalue weighted by Crippen LogP contribution is 2.24. The first-order valence-corrected chi connectivity index (χ1v) is 7.84. The maximum atomic E-state index is 12.2. The number of aliphatic carboxylic acids is 2. The summed E-state index contributed by atoms with van der Waals surface area (Å²) in [7, 11) is 0. The number of nitrogens with zero attached hydrogens (tertiary/aromatic N) is 1. The van der Waals surface area contributed by atoms with Crippen LogP contribution in [0.3, 0.4) is 0 Å². The first-order valence-electron chi connectivity index (χ1n) is 7.84. The fourth-order valence-electron chi connectivity index (χ4n) is 2.72. The van der Waals surface area contributed by atoms with Gasteiger partial charge < -0.3 is 26.1 Å². The quantitative estimate of drug-likeness (QED) is 0.348. The first-order chi connectivity index (χ1) is 11.6. The third-order valence-electron chi connectivity index (χ3n) is 3.97. The van der Waals surface area contributed by atoms with Gasteiger partial charge in [0, 0.05) is 31.3 Å². The Balaban J connectivity index is 2.69. The predicted molar refractivity (Wildman–Crippen MR) is 84.4 cm³/mol. The number of hydrogen-bond donors (Lipinski definition) is 4. The lowest BCUT2D eigenvalue weighted by molar-refractivity contribution is -0.143. The Morgan fingerprint density at radius 3 is 2.36 bits per heavy atom. The molecule has 3 atom stereocenters. The van der Waals surface area contributed by atoms with Gasteiger partial charge in [-0.3, -0.25) is 24.1 Å². The zero-order valence-corrected chi connectivity index (χ0v) is 13.9. The number of aldehydes is 1. The molecule has 140 valence electrons. The zero-order valence-electron chi connectivity index (χ0n) is 13.9. The second kappa shape index (κ2) is 8.67. The van der Waals surface area contributed by atoms with E-state index in [-0.39, 0.29) is 38.6 Å². The number of carbonyl (C=O) groups is 5. The van der Waals surface area contributed by atoms with Gasteiger partial charge in [-0.15, -0.1) is 0 Å². The normalized spacial score (nSPS) is 22.5. The van der Waals surface area contributed by atoms with Gasteiger partial charge in [-0.1, -0.05) is 0 Å². The molecule has 25 heavy (non-hydrogen) atoms. The molecule has 1 saturated heterocycles. The SMILES string of the molecule is C[C@]1(N[C@H](C=O)CCC(=O)O)CC(=O)N(C(=O)[C@@H](N)CCC(=O)O)C1. The standard InChI is InChI=1S/C15H23N3O7/c1-15(17-9(7-19)2-4-12(21)22)6-11(20)18(8-15)14(25)10(16)3-5-13(23)24/h7,9-10,17H,2-6,8,16H2,1H3,(H,21,22)(H,23,24)/t9-,10-,15-/m0/s1. The molecule has 0 aromatic carbocycles. The van der Waals surface area contributed by atoms with Crippen LogP contribution >= 0.6 is 0 Å². The summed E-state index contributed by atoms with van der Waals surface area (Å²) in [5, 5.41) is 20.2. The Hall–Kier alpha value is -2.33. The van der Waals surface area contributed by atoms with Crippen LogP contribution in [0.4, 0.5) is 0 Å². The van der Waals surface area contributed by atoms with E-state index < -0.39 is 41.4 Å². The lowest BCUT2D eigenvalue weighted by atomic mass is 9.98. The summed E-state index contributed by atoms with van der Waals surface area (Å²) < 4.78 is 0. The Kier molecular flexibility index (Phi) is 7.19. The lowest BCUT2D eigenvalue weighted by Crippen LogP contribution is -2.52. The number of nitrogens with one attached hydrogen (secondary N) is 1. The van der Waals surface area contributed by atoms with Gasteiger partial charge in [-0.2, -0.15) is 0 Å². The average Bonchev–Trinajstić information content (AvgIpc) is 2.82. The molecule has 1 fully saturated rings. The molecule has 0 radical (unpaired) electrons. The number of carbonyl (C=O) groups excluding carboxylic acids is 3. The molecule has 1 heterocycles. The van der Waals surface area contributed by atoms with Gasteiger partial charge in [-0.05, 0) is 19.8 Å². The van der Waals surface area contributed by atoms with Crippen LogP contribution in [-0.2, 0) is 24.0 Å². The van der Waals surface area contributed by atoms with Crippen molar-refractivity contribution in [3.05, 3.63) is 0 Å². The molecule has 0 spiro atoms. The molecular weight excluding hydrogens is 334 g/mol. The second-order valence-electron chi connectivity index (χ2n) is 6.41. The van der Waals surface area contributed by atoms with E-state index in [1.165, 1.54) is 0 Å². The van der Waals surface area contributed by atoms with E-state index >= 15 is 0 Å². The fraction of sp³-hybridized carbons (Fsp3) is 0.667. The largest absolute Gasteiger partial charge is 0.481 e. The molecule has 0 bridgehead atoms. The van der Waals surface area contributed by atoms with Crippen LogP contribution in [0.2, 0.25) is 0 Å². The van der Waals surface area contributed by atoms with Gasteiger partial charge in [0.1, 0.15) is 6.29 Å². The molecule has 1 aliphatic heterocycles. The van der Waals surface area contributed by atoms with E-state index in [1.54, 1.807) is 6.92 Å². The minimum Gasteiger partial charge on any atom is -0.481 e. The summed E-state index contributed by atoms with van der Waals surface area (Å²) in [6.07, 6.45) is 0.00585. The maximum Gasteiger partial charge on any atom is 0.303 e. The summed E-state index contributed by atoms with van der Waals surface area (Å²) in [6, 6.07) is -1.86. The Bertz CT molecular complexity index is 565. The van der Waals surface area contributed by atoms with Crippen molar-refractivity contribution in [2.45, 2.75) is 56.7 Å². The first kappa shape index (κ1) is 20.7. The van der Waals surface area contributed by atoms with Crippen molar-refractivity contribution in [1.29, 1.82) is 0 Å².